The van der Waals surface area contributed by atoms with Gasteiger partial charge in [0.05, 0.1) is 16.5 Å². The van der Waals surface area contributed by atoms with Gasteiger partial charge in [-0.25, -0.2) is 17.2 Å². The van der Waals surface area contributed by atoms with Crippen LogP contribution in [0, 0.1) is 17.1 Å². The van der Waals surface area contributed by atoms with E-state index >= 15 is 0 Å². The van der Waals surface area contributed by atoms with Crippen molar-refractivity contribution in [1.29, 1.82) is 5.26 Å². The van der Waals surface area contributed by atoms with Gasteiger partial charge in [-0.15, -0.1) is 0 Å². The normalized spacial score (nSPS) is 20.5. The molecule has 0 saturated heterocycles. The second-order valence-corrected chi connectivity index (χ2v) is 8.25. The molecule has 26 heavy (non-hydrogen) atoms. The number of alkyl halides is 1. The van der Waals surface area contributed by atoms with Crippen LogP contribution in [0.25, 0.3) is 0 Å². The van der Waals surface area contributed by atoms with Gasteiger partial charge in [-0.2, -0.15) is 5.26 Å². The number of benzene rings is 2. The zero-order chi connectivity index (χ0) is 19.2. The van der Waals surface area contributed by atoms with Crippen LogP contribution < -0.4 is 0 Å². The molecule has 0 aliphatic heterocycles. The van der Waals surface area contributed by atoms with E-state index in [2.05, 4.69) is 0 Å². The maximum atomic E-state index is 14.1. The Morgan fingerprint density at radius 2 is 2.00 bits per heavy atom. The van der Waals surface area contributed by atoms with E-state index in [1.807, 2.05) is 0 Å². The van der Waals surface area contributed by atoms with E-state index in [-0.39, 0.29) is 39.1 Å². The number of nitrogens with zero attached hydrogens (tertiary/aromatic N) is 1. The Hall–Kier alpha value is -2.34. The lowest BCUT2D eigenvalue weighted by Gasteiger charge is -2.18. The van der Waals surface area contributed by atoms with Gasteiger partial charge in [0.25, 0.3) is 0 Å². The third-order valence-corrected chi connectivity index (χ3v) is 5.60. The lowest BCUT2D eigenvalue weighted by atomic mass is 9.93. The van der Waals surface area contributed by atoms with E-state index < -0.39 is 34.0 Å². The van der Waals surface area contributed by atoms with E-state index in [0.29, 0.717) is 0 Å². The Labute approximate surface area is 149 Å². The number of nitriles is 1. The standard InChI is InChI=1S/C18H15F2NO4S/c1-26(24,25)15-3-2-12(13-7-14(20)18(23)16(13)15)17(22)10-4-9(8-21)5-11(19)6-10/h2-6,14,17-18,22-23H,7H2,1H3/t14-,17-,18+/m0/s1. The van der Waals surface area contributed by atoms with Crippen molar-refractivity contribution < 1.29 is 27.4 Å². The van der Waals surface area contributed by atoms with Gasteiger partial charge in [0.15, 0.2) is 9.84 Å². The molecule has 0 amide bonds. The first kappa shape index (κ1) is 18.5. The smallest absolute Gasteiger partial charge is 0.175 e. The van der Waals surface area contributed by atoms with Crippen molar-refractivity contribution in [2.24, 2.45) is 0 Å². The molecule has 0 fully saturated rings. The van der Waals surface area contributed by atoms with Crippen molar-refractivity contribution >= 4 is 9.84 Å². The molecule has 0 spiro atoms. The van der Waals surface area contributed by atoms with Crippen molar-refractivity contribution in [3.8, 4) is 6.07 Å². The highest BCUT2D eigenvalue weighted by molar-refractivity contribution is 7.90. The fraction of sp³-hybridized carbons (Fsp3) is 0.278. The third-order valence-electron chi connectivity index (χ3n) is 4.45. The summed E-state index contributed by atoms with van der Waals surface area (Å²) in [5, 5.41) is 29.7. The summed E-state index contributed by atoms with van der Waals surface area (Å²) in [7, 11) is -3.72. The zero-order valence-corrected chi connectivity index (χ0v) is 14.5. The van der Waals surface area contributed by atoms with Gasteiger partial charge in [-0.3, -0.25) is 0 Å². The van der Waals surface area contributed by atoms with E-state index in [9.17, 15) is 27.4 Å². The first-order valence-corrected chi connectivity index (χ1v) is 9.59. The molecule has 1 aliphatic carbocycles. The SMILES string of the molecule is CS(=O)(=O)c1ccc([C@@H](O)c2cc(F)cc(C#N)c2)c2c1[C@H](O)[C@@H](F)C2. The number of hydrogen-bond acceptors (Lipinski definition) is 5. The van der Waals surface area contributed by atoms with Crippen LogP contribution in [0.3, 0.4) is 0 Å². The van der Waals surface area contributed by atoms with Gasteiger partial charge >= 0.3 is 0 Å². The van der Waals surface area contributed by atoms with E-state index in [1.54, 1.807) is 6.07 Å². The fourth-order valence-corrected chi connectivity index (χ4v) is 4.25. The molecule has 0 bridgehead atoms. The first-order chi connectivity index (χ1) is 12.1. The molecule has 2 N–H and O–H groups in total. The predicted octanol–water partition coefficient (Wildman–Crippen LogP) is 2.11. The highest BCUT2D eigenvalue weighted by Gasteiger charge is 2.38. The predicted molar refractivity (Wildman–Crippen MR) is 88.3 cm³/mol. The third kappa shape index (κ3) is 3.09. The molecule has 0 aromatic heterocycles. The topological polar surface area (TPSA) is 98.4 Å². The largest absolute Gasteiger partial charge is 0.385 e. The summed E-state index contributed by atoms with van der Waals surface area (Å²) in [6, 6.07) is 7.64. The second kappa shape index (κ2) is 6.43. The molecular formula is C18H15F2NO4S. The monoisotopic (exact) mass is 379 g/mol. The quantitative estimate of drug-likeness (QED) is 0.851. The van der Waals surface area contributed by atoms with Crippen LogP contribution in [0.5, 0.6) is 0 Å². The van der Waals surface area contributed by atoms with Gasteiger partial charge < -0.3 is 10.2 Å². The van der Waals surface area contributed by atoms with Crippen molar-refractivity contribution in [1.82, 2.24) is 0 Å². The van der Waals surface area contributed by atoms with Crippen molar-refractivity contribution in [2.75, 3.05) is 6.26 Å². The van der Waals surface area contributed by atoms with Gasteiger partial charge in [0, 0.05) is 18.2 Å². The van der Waals surface area contributed by atoms with Crippen molar-refractivity contribution in [3.05, 3.63) is 64.0 Å². The number of aliphatic hydroxyl groups is 2. The Balaban J connectivity index is 2.19. The van der Waals surface area contributed by atoms with Crippen LogP contribution in [0.2, 0.25) is 0 Å². The summed E-state index contributed by atoms with van der Waals surface area (Å²) in [6.07, 6.45) is -4.06. The summed E-state index contributed by atoms with van der Waals surface area (Å²) in [5.41, 5.74) is 0.359. The maximum Gasteiger partial charge on any atom is 0.175 e. The van der Waals surface area contributed by atoms with Crippen molar-refractivity contribution in [2.45, 2.75) is 29.7 Å². The molecule has 0 heterocycles. The average Bonchev–Trinajstić information content (AvgIpc) is 2.87. The second-order valence-electron chi connectivity index (χ2n) is 6.27. The summed E-state index contributed by atoms with van der Waals surface area (Å²) in [5.74, 6) is -0.717. The molecule has 8 heteroatoms. The lowest BCUT2D eigenvalue weighted by molar-refractivity contribution is 0.0907. The minimum atomic E-state index is -3.72. The molecule has 0 unspecified atom stereocenters. The number of fused-ring (bicyclic) bond motifs is 1. The molecule has 136 valence electrons. The van der Waals surface area contributed by atoms with Crippen LogP contribution in [0.15, 0.2) is 35.2 Å². The number of rotatable bonds is 3. The van der Waals surface area contributed by atoms with Gasteiger partial charge in [0.1, 0.15) is 24.2 Å². The summed E-state index contributed by atoms with van der Waals surface area (Å²) >= 11 is 0. The Morgan fingerprint density at radius 1 is 1.31 bits per heavy atom. The van der Waals surface area contributed by atoms with Crippen LogP contribution in [0.1, 0.15) is 40.0 Å². The lowest BCUT2D eigenvalue weighted by Crippen LogP contribution is -2.11. The molecule has 5 nitrogen and oxygen atoms in total. The van der Waals surface area contributed by atoms with Crippen LogP contribution in [-0.4, -0.2) is 31.1 Å². The summed E-state index contributed by atoms with van der Waals surface area (Å²) in [6.45, 7) is 0. The Kier molecular flexibility index (Phi) is 4.56. The molecule has 2 aromatic carbocycles. The van der Waals surface area contributed by atoms with E-state index in [0.717, 1.165) is 18.4 Å². The molecule has 2 aromatic rings. The van der Waals surface area contributed by atoms with Crippen LogP contribution >= 0.6 is 0 Å². The molecule has 3 atom stereocenters. The van der Waals surface area contributed by atoms with E-state index in [4.69, 9.17) is 5.26 Å². The van der Waals surface area contributed by atoms with E-state index in [1.165, 1.54) is 18.2 Å². The van der Waals surface area contributed by atoms with Gasteiger partial charge in [0.2, 0.25) is 0 Å². The molecule has 1 aliphatic rings. The van der Waals surface area contributed by atoms with Crippen LogP contribution in [-0.2, 0) is 16.3 Å². The Morgan fingerprint density at radius 3 is 2.62 bits per heavy atom. The van der Waals surface area contributed by atoms with Gasteiger partial charge in [-0.1, -0.05) is 6.07 Å². The first-order valence-electron chi connectivity index (χ1n) is 7.70. The minimum Gasteiger partial charge on any atom is -0.385 e. The number of halogens is 2. The molecule has 0 radical (unpaired) electrons. The fourth-order valence-electron chi connectivity index (χ4n) is 3.29. The van der Waals surface area contributed by atoms with Crippen molar-refractivity contribution in [3.63, 3.8) is 0 Å². The van der Waals surface area contributed by atoms with Crippen LogP contribution in [0.4, 0.5) is 8.78 Å². The minimum absolute atomic E-state index is 0.00635. The summed E-state index contributed by atoms with van der Waals surface area (Å²) in [4.78, 5) is -0.201. The number of aliphatic hydroxyl groups excluding tert-OH is 2. The molecule has 3 rings (SSSR count). The summed E-state index contributed by atoms with van der Waals surface area (Å²) < 4.78 is 51.6. The maximum absolute atomic E-state index is 14.1. The number of hydrogen-bond donors (Lipinski definition) is 2. The molecular weight excluding hydrogens is 364 g/mol. The highest BCUT2D eigenvalue weighted by Crippen LogP contribution is 2.42. The highest BCUT2D eigenvalue weighted by atomic mass is 32.2. The Bertz CT molecular complexity index is 1030. The van der Waals surface area contributed by atoms with Gasteiger partial charge in [-0.05, 0) is 41.0 Å². The number of sulfone groups is 1. The molecule has 0 saturated carbocycles. The zero-order valence-electron chi connectivity index (χ0n) is 13.6. The average molecular weight is 379 g/mol.